The molecule has 16 heavy (non-hydrogen) atoms. The number of hydrogen-bond donors (Lipinski definition) is 1. The van der Waals surface area contributed by atoms with Crippen LogP contribution in [0, 0.1) is 0 Å². The minimum absolute atomic E-state index is 0. The molecule has 3 nitrogen and oxygen atoms in total. The Morgan fingerprint density at radius 2 is 1.31 bits per heavy atom. The van der Waals surface area contributed by atoms with Crippen molar-refractivity contribution in [3.8, 4) is 0 Å². The van der Waals surface area contributed by atoms with Crippen LogP contribution in [0.1, 0.15) is 51.9 Å². The van der Waals surface area contributed by atoms with E-state index >= 15 is 0 Å². The van der Waals surface area contributed by atoms with Gasteiger partial charge in [0.15, 0.2) is 0 Å². The van der Waals surface area contributed by atoms with Crippen LogP contribution in [0.25, 0.3) is 0 Å². The Kier molecular flexibility index (Phi) is 55.3. The van der Waals surface area contributed by atoms with Crippen molar-refractivity contribution < 1.29 is 14.5 Å². The highest BCUT2D eigenvalue weighted by Gasteiger charge is 1.95. The highest BCUT2D eigenvalue weighted by Crippen LogP contribution is 2.06. The van der Waals surface area contributed by atoms with Gasteiger partial charge in [0.2, 0.25) is 0 Å². The molecule has 0 atom stereocenters. The van der Waals surface area contributed by atoms with E-state index in [1.807, 2.05) is 0 Å². The Labute approximate surface area is 119 Å². The molecule has 0 fully saturated rings. The average Bonchev–Trinajstić information content (AvgIpc) is 2.14. The summed E-state index contributed by atoms with van der Waals surface area (Å²) in [5.41, 5.74) is 0. The van der Waals surface area contributed by atoms with Crippen LogP contribution < -0.4 is 0 Å². The molecule has 0 aromatic heterocycles. The first-order chi connectivity index (χ1) is 6.27. The van der Waals surface area contributed by atoms with Crippen molar-refractivity contribution >= 4 is 52.3 Å². The van der Waals surface area contributed by atoms with Crippen molar-refractivity contribution in [3.63, 3.8) is 0 Å². The van der Waals surface area contributed by atoms with Crippen molar-refractivity contribution in [2.45, 2.75) is 51.9 Å². The molecule has 0 bridgehead atoms. The minimum Gasteiger partial charge on any atom is -0.481 e. The van der Waals surface area contributed by atoms with Gasteiger partial charge in [-0.3, -0.25) is 9.36 Å². The smallest absolute Gasteiger partial charge is 0.303 e. The van der Waals surface area contributed by atoms with Crippen LogP contribution in [0.3, 0.4) is 0 Å². The number of aliphatic carboxylic acids is 1. The van der Waals surface area contributed by atoms with E-state index in [0.29, 0.717) is 6.42 Å². The van der Waals surface area contributed by atoms with E-state index < -0.39 is 5.97 Å². The summed E-state index contributed by atoms with van der Waals surface area (Å²) >= 11 is 0. The van der Waals surface area contributed by atoms with Gasteiger partial charge in [0.1, 0.15) is 9.12 Å². The van der Waals surface area contributed by atoms with Crippen molar-refractivity contribution in [1.29, 1.82) is 0 Å². The molecule has 0 aliphatic rings. The molecule has 7 heteroatoms. The van der Waals surface area contributed by atoms with Crippen molar-refractivity contribution in [3.05, 3.63) is 0 Å². The topological polar surface area (TPSA) is 54.4 Å². The lowest BCUT2D eigenvalue weighted by atomic mass is 10.1. The maximum absolute atomic E-state index is 10.1. The third kappa shape index (κ3) is 36.6. The molecular formula is C9H22Cl3O3P. The minimum atomic E-state index is -0.666. The summed E-state index contributed by atoms with van der Waals surface area (Å²) in [6, 6.07) is 0. The van der Waals surface area contributed by atoms with Crippen LogP contribution in [0.15, 0.2) is 0 Å². The Morgan fingerprint density at radius 1 is 0.938 bits per heavy atom. The zero-order chi connectivity index (χ0) is 10.5. The lowest BCUT2D eigenvalue weighted by Gasteiger charge is -1.97. The number of rotatable bonds is 7. The number of halogens is 3. The van der Waals surface area contributed by atoms with Gasteiger partial charge in [0.05, 0.1) is 0 Å². The van der Waals surface area contributed by atoms with Gasteiger partial charge in [-0.25, -0.2) is 0 Å². The summed E-state index contributed by atoms with van der Waals surface area (Å²) in [6.45, 7) is 2.18. The SMILES string of the molecule is CCCCCCCCC(=O)O.Cl.Cl.Cl.O=P. The molecule has 0 spiro atoms. The third-order valence-electron chi connectivity index (χ3n) is 1.74. The molecule has 0 aliphatic carbocycles. The van der Waals surface area contributed by atoms with Gasteiger partial charge in [0.25, 0.3) is 0 Å². The van der Waals surface area contributed by atoms with Crippen LogP contribution in [-0.4, -0.2) is 11.1 Å². The summed E-state index contributed by atoms with van der Waals surface area (Å²) in [4.78, 5) is 10.1. The number of carboxylic acids is 1. The molecule has 0 saturated carbocycles. The third-order valence-corrected chi connectivity index (χ3v) is 1.74. The van der Waals surface area contributed by atoms with Crippen LogP contribution in [0.4, 0.5) is 0 Å². The summed E-state index contributed by atoms with van der Waals surface area (Å²) < 4.78 is 8.06. The Hall–Kier alpha value is 0.440. The van der Waals surface area contributed by atoms with Gasteiger partial charge in [-0.1, -0.05) is 39.0 Å². The molecule has 0 saturated heterocycles. The maximum atomic E-state index is 10.1. The Morgan fingerprint density at radius 3 is 1.69 bits per heavy atom. The fourth-order valence-corrected chi connectivity index (χ4v) is 1.06. The molecule has 0 unspecified atom stereocenters. The van der Waals surface area contributed by atoms with Gasteiger partial charge in [0, 0.05) is 6.42 Å². The van der Waals surface area contributed by atoms with E-state index in [0.717, 1.165) is 12.8 Å². The second kappa shape index (κ2) is 29.5. The largest absolute Gasteiger partial charge is 0.481 e. The first-order valence-corrected chi connectivity index (χ1v) is 5.10. The summed E-state index contributed by atoms with van der Waals surface area (Å²) in [7, 11) is 1.72. The Bertz CT molecular complexity index is 129. The lowest BCUT2D eigenvalue weighted by Crippen LogP contribution is -1.93. The first-order valence-electron chi connectivity index (χ1n) is 4.69. The van der Waals surface area contributed by atoms with Gasteiger partial charge in [-0.15, -0.1) is 37.2 Å². The number of carboxylic acid groups (broad SMARTS) is 1. The van der Waals surface area contributed by atoms with E-state index in [-0.39, 0.29) is 37.2 Å². The Balaban J connectivity index is -0.0000000760. The molecule has 0 amide bonds. The van der Waals surface area contributed by atoms with Crippen LogP contribution in [0.2, 0.25) is 0 Å². The van der Waals surface area contributed by atoms with Gasteiger partial charge in [-0.2, -0.15) is 0 Å². The van der Waals surface area contributed by atoms with Gasteiger partial charge >= 0.3 is 5.97 Å². The van der Waals surface area contributed by atoms with Crippen LogP contribution in [0.5, 0.6) is 0 Å². The van der Waals surface area contributed by atoms with Crippen molar-refractivity contribution in [1.82, 2.24) is 0 Å². The van der Waals surface area contributed by atoms with E-state index in [9.17, 15) is 4.79 Å². The standard InChI is InChI=1S/C9H18O2.3ClH.HOP/c1-2-3-4-5-6-7-8-9(10)11;;;;1-2/h2-8H2,1H3,(H,10,11);3*1H;2H. The lowest BCUT2D eigenvalue weighted by molar-refractivity contribution is -0.137. The number of hydrogen-bond acceptors (Lipinski definition) is 2. The predicted octanol–water partition coefficient (Wildman–Crippen LogP) is 4.56. The zero-order valence-corrected chi connectivity index (χ0v) is 12.9. The van der Waals surface area contributed by atoms with Crippen molar-refractivity contribution in [2.24, 2.45) is 0 Å². The number of carbonyl (C=O) groups is 1. The second-order valence-electron chi connectivity index (χ2n) is 2.91. The highest BCUT2D eigenvalue weighted by atomic mass is 35.5. The van der Waals surface area contributed by atoms with E-state index in [4.69, 9.17) is 9.67 Å². The fourth-order valence-electron chi connectivity index (χ4n) is 1.06. The highest BCUT2D eigenvalue weighted by molar-refractivity contribution is 7.00. The zero-order valence-electron chi connectivity index (χ0n) is 9.44. The summed E-state index contributed by atoms with van der Waals surface area (Å²) in [5, 5.41) is 8.32. The normalized spacial score (nSPS) is 7.06. The molecule has 0 heterocycles. The molecule has 0 aromatic rings. The van der Waals surface area contributed by atoms with Gasteiger partial charge in [-0.05, 0) is 6.42 Å². The predicted molar refractivity (Wildman–Crippen MR) is 76.4 cm³/mol. The monoisotopic (exact) mass is 314 g/mol. The van der Waals surface area contributed by atoms with E-state index in [2.05, 4.69) is 6.92 Å². The van der Waals surface area contributed by atoms with Gasteiger partial charge < -0.3 is 5.11 Å². The molecular weight excluding hydrogens is 293 g/mol. The molecule has 0 aromatic carbocycles. The summed E-state index contributed by atoms with van der Waals surface area (Å²) in [5.74, 6) is -0.666. The first kappa shape index (κ1) is 29.9. The average molecular weight is 316 g/mol. The molecule has 102 valence electrons. The quantitative estimate of drug-likeness (QED) is 0.553. The molecule has 0 rings (SSSR count). The molecule has 0 radical (unpaired) electrons. The van der Waals surface area contributed by atoms with Crippen LogP contribution >= 0.6 is 46.3 Å². The van der Waals surface area contributed by atoms with E-state index in [1.54, 1.807) is 9.12 Å². The number of unbranched alkanes of at least 4 members (excludes halogenated alkanes) is 5. The van der Waals surface area contributed by atoms with E-state index in [1.165, 1.54) is 25.7 Å². The summed E-state index contributed by atoms with van der Waals surface area (Å²) in [6.07, 6.45) is 7.25. The fraction of sp³-hybridized carbons (Fsp3) is 0.889. The molecule has 0 aliphatic heterocycles. The maximum Gasteiger partial charge on any atom is 0.303 e. The van der Waals surface area contributed by atoms with Crippen molar-refractivity contribution in [2.75, 3.05) is 0 Å². The molecule has 1 N–H and O–H groups in total. The second-order valence-corrected chi connectivity index (χ2v) is 2.91. The van der Waals surface area contributed by atoms with Crippen LogP contribution in [-0.2, 0) is 9.36 Å².